The molecule has 0 aliphatic carbocycles. The van der Waals surface area contributed by atoms with Gasteiger partial charge in [0.1, 0.15) is 0 Å². The fourth-order valence-corrected chi connectivity index (χ4v) is 5.43. The summed E-state index contributed by atoms with van der Waals surface area (Å²) in [5.74, 6) is -0.144. The van der Waals surface area contributed by atoms with Gasteiger partial charge in [-0.15, -0.1) is 11.3 Å². The first-order chi connectivity index (χ1) is 17.9. The predicted octanol–water partition coefficient (Wildman–Crippen LogP) is 6.02. The van der Waals surface area contributed by atoms with Crippen LogP contribution in [0.1, 0.15) is 21.5 Å². The van der Waals surface area contributed by atoms with Crippen LogP contribution >= 0.6 is 27.3 Å². The summed E-state index contributed by atoms with van der Waals surface area (Å²) in [7, 11) is 2.16. The van der Waals surface area contributed by atoms with E-state index in [1.165, 1.54) is 16.9 Å². The lowest BCUT2D eigenvalue weighted by Crippen LogP contribution is -2.43. The van der Waals surface area contributed by atoms with E-state index in [0.717, 1.165) is 70.5 Å². The highest BCUT2D eigenvalue weighted by Gasteiger charge is 2.16. The number of likely N-dealkylation sites (N-methyl/N-ethyl adjacent to an activating group) is 1. The maximum atomic E-state index is 13.0. The number of hydrogen-bond donors (Lipinski definition) is 2. The molecule has 190 valence electrons. The molecule has 4 aromatic rings. The average Bonchev–Trinajstić information content (AvgIpc) is 3.37. The third-order valence-corrected chi connectivity index (χ3v) is 8.00. The summed E-state index contributed by atoms with van der Waals surface area (Å²) < 4.78 is 0.957. The largest absolute Gasteiger partial charge is 0.331 e. The van der Waals surface area contributed by atoms with Crippen molar-refractivity contribution in [1.82, 2.24) is 19.8 Å². The maximum Gasteiger partial charge on any atom is 0.255 e. The van der Waals surface area contributed by atoms with Gasteiger partial charge in [0.25, 0.3) is 5.91 Å². The van der Waals surface area contributed by atoms with Crippen LogP contribution in [0.2, 0.25) is 0 Å². The van der Waals surface area contributed by atoms with Crippen molar-refractivity contribution >= 4 is 49.7 Å². The highest BCUT2D eigenvalue weighted by atomic mass is 79.9. The molecule has 5 rings (SSSR count). The van der Waals surface area contributed by atoms with Gasteiger partial charge in [0.2, 0.25) is 0 Å². The number of thiazole rings is 1. The Hall–Kier alpha value is -3.11. The molecule has 2 N–H and O–H groups in total. The van der Waals surface area contributed by atoms with Crippen LogP contribution < -0.4 is 10.6 Å². The Morgan fingerprint density at radius 2 is 1.95 bits per heavy atom. The van der Waals surface area contributed by atoms with E-state index in [9.17, 15) is 4.79 Å². The van der Waals surface area contributed by atoms with Crippen molar-refractivity contribution in [1.29, 1.82) is 0 Å². The topological polar surface area (TPSA) is 73.4 Å². The number of piperazine rings is 1. The molecule has 2 aromatic carbocycles. The van der Waals surface area contributed by atoms with Gasteiger partial charge < -0.3 is 15.5 Å². The molecular weight excluding hydrogens is 548 g/mol. The summed E-state index contributed by atoms with van der Waals surface area (Å²) >= 11 is 5.21. The van der Waals surface area contributed by atoms with Crippen LogP contribution in [0.5, 0.6) is 0 Å². The van der Waals surface area contributed by atoms with E-state index in [-0.39, 0.29) is 5.91 Å². The molecule has 1 fully saturated rings. The molecule has 1 amide bonds. The Kier molecular flexibility index (Phi) is 7.95. The van der Waals surface area contributed by atoms with Crippen LogP contribution in [0.4, 0.5) is 16.5 Å². The number of benzene rings is 2. The van der Waals surface area contributed by atoms with Crippen LogP contribution in [-0.4, -0.2) is 58.9 Å². The molecule has 0 atom stereocenters. The van der Waals surface area contributed by atoms with Crippen LogP contribution in [0.3, 0.4) is 0 Å². The molecule has 37 heavy (non-hydrogen) atoms. The standard InChI is InChI=1S/C28H29BrN6OS/c1-19-5-8-23(15-25(19)32-28-33-26(18-37-28)21-4-3-9-30-16-21)31-27(36)20-6-7-22(24(29)14-20)17-35-12-10-34(2)11-13-35/h3-9,14-16,18H,10-13,17H2,1-2H3,(H,31,36)(H,32,33). The quantitative estimate of drug-likeness (QED) is 0.280. The van der Waals surface area contributed by atoms with E-state index in [0.29, 0.717) is 5.56 Å². The van der Waals surface area contributed by atoms with Gasteiger partial charge in [-0.25, -0.2) is 4.98 Å². The number of nitrogens with zero attached hydrogens (tertiary/aromatic N) is 4. The summed E-state index contributed by atoms with van der Waals surface area (Å²) in [6.07, 6.45) is 3.55. The van der Waals surface area contributed by atoms with Crippen LogP contribution in [0, 0.1) is 6.92 Å². The molecule has 1 saturated heterocycles. The highest BCUT2D eigenvalue weighted by molar-refractivity contribution is 9.10. The lowest BCUT2D eigenvalue weighted by molar-refractivity contribution is 0.102. The smallest absolute Gasteiger partial charge is 0.255 e. The van der Waals surface area contributed by atoms with Crippen molar-refractivity contribution in [3.05, 3.63) is 87.5 Å². The molecule has 1 aliphatic heterocycles. The molecular formula is C28H29BrN6OS. The van der Waals surface area contributed by atoms with Gasteiger partial charge in [0.15, 0.2) is 5.13 Å². The van der Waals surface area contributed by atoms with Crippen LogP contribution in [-0.2, 0) is 6.54 Å². The summed E-state index contributed by atoms with van der Waals surface area (Å²) in [4.78, 5) is 26.7. The zero-order chi connectivity index (χ0) is 25.8. The second kappa shape index (κ2) is 11.5. The third kappa shape index (κ3) is 6.42. The van der Waals surface area contributed by atoms with E-state index in [1.807, 2.05) is 60.8 Å². The second-order valence-electron chi connectivity index (χ2n) is 9.27. The Balaban J connectivity index is 1.24. The zero-order valence-corrected chi connectivity index (χ0v) is 23.3. The number of aromatic nitrogens is 2. The number of nitrogens with one attached hydrogen (secondary N) is 2. The van der Waals surface area contributed by atoms with Crippen LogP contribution in [0.25, 0.3) is 11.3 Å². The van der Waals surface area contributed by atoms with E-state index >= 15 is 0 Å². The number of hydrogen-bond acceptors (Lipinski definition) is 7. The summed E-state index contributed by atoms with van der Waals surface area (Å²) in [5.41, 5.74) is 6.34. The van der Waals surface area contributed by atoms with Gasteiger partial charge in [0, 0.05) is 77.5 Å². The first kappa shape index (κ1) is 25.5. The molecule has 9 heteroatoms. The number of carbonyl (C=O) groups is 1. The molecule has 1 aliphatic rings. The Bertz CT molecular complexity index is 1380. The fourth-order valence-electron chi connectivity index (χ4n) is 4.19. The summed E-state index contributed by atoms with van der Waals surface area (Å²) in [5, 5.41) is 9.22. The van der Waals surface area contributed by atoms with Crippen molar-refractivity contribution in [3.63, 3.8) is 0 Å². The molecule has 0 radical (unpaired) electrons. The number of rotatable bonds is 7. The highest BCUT2D eigenvalue weighted by Crippen LogP contribution is 2.30. The molecule has 0 saturated carbocycles. The Labute approximate surface area is 229 Å². The van der Waals surface area contributed by atoms with Gasteiger partial charge in [-0.1, -0.05) is 28.1 Å². The van der Waals surface area contributed by atoms with E-state index in [1.54, 1.807) is 12.4 Å². The number of amides is 1. The van der Waals surface area contributed by atoms with Gasteiger partial charge in [-0.2, -0.15) is 0 Å². The maximum absolute atomic E-state index is 13.0. The molecule has 2 aromatic heterocycles. The number of aryl methyl sites for hydroxylation is 1. The average molecular weight is 578 g/mol. The Morgan fingerprint density at radius 3 is 2.70 bits per heavy atom. The number of anilines is 3. The van der Waals surface area contributed by atoms with E-state index < -0.39 is 0 Å². The lowest BCUT2D eigenvalue weighted by Gasteiger charge is -2.32. The molecule has 0 bridgehead atoms. The minimum absolute atomic E-state index is 0.144. The predicted molar refractivity (Wildman–Crippen MR) is 155 cm³/mol. The lowest BCUT2D eigenvalue weighted by atomic mass is 10.1. The summed E-state index contributed by atoms with van der Waals surface area (Å²) in [6.45, 7) is 7.18. The fraction of sp³-hybridized carbons (Fsp3) is 0.250. The normalized spacial score (nSPS) is 14.5. The van der Waals surface area contributed by atoms with E-state index in [4.69, 9.17) is 0 Å². The first-order valence-electron chi connectivity index (χ1n) is 12.2. The monoisotopic (exact) mass is 576 g/mol. The van der Waals surface area contributed by atoms with Gasteiger partial charge in [-0.3, -0.25) is 14.7 Å². The number of pyridine rings is 1. The zero-order valence-electron chi connectivity index (χ0n) is 20.9. The number of halogens is 1. The summed E-state index contributed by atoms with van der Waals surface area (Å²) in [6, 6.07) is 15.6. The van der Waals surface area contributed by atoms with Gasteiger partial charge in [0.05, 0.1) is 5.69 Å². The van der Waals surface area contributed by atoms with E-state index in [2.05, 4.69) is 53.4 Å². The first-order valence-corrected chi connectivity index (χ1v) is 13.9. The minimum Gasteiger partial charge on any atom is -0.331 e. The Morgan fingerprint density at radius 1 is 1.11 bits per heavy atom. The van der Waals surface area contributed by atoms with Crippen molar-refractivity contribution in [2.75, 3.05) is 43.9 Å². The molecule has 3 heterocycles. The molecule has 7 nitrogen and oxygen atoms in total. The van der Waals surface area contributed by atoms with Crippen molar-refractivity contribution in [3.8, 4) is 11.3 Å². The third-order valence-electron chi connectivity index (χ3n) is 6.50. The second-order valence-corrected chi connectivity index (χ2v) is 11.0. The number of carbonyl (C=O) groups excluding carboxylic acids is 1. The van der Waals surface area contributed by atoms with Crippen LogP contribution in [0.15, 0.2) is 70.8 Å². The van der Waals surface area contributed by atoms with Gasteiger partial charge in [-0.05, 0) is 61.5 Å². The van der Waals surface area contributed by atoms with Gasteiger partial charge >= 0.3 is 0 Å². The van der Waals surface area contributed by atoms with Crippen molar-refractivity contribution in [2.45, 2.75) is 13.5 Å². The molecule has 0 spiro atoms. The molecule has 0 unspecified atom stereocenters. The van der Waals surface area contributed by atoms with Crippen molar-refractivity contribution < 1.29 is 4.79 Å². The minimum atomic E-state index is -0.144. The SMILES string of the molecule is Cc1ccc(NC(=O)c2ccc(CN3CCN(C)CC3)c(Br)c2)cc1Nc1nc(-c2cccnc2)cs1. The van der Waals surface area contributed by atoms with Crippen molar-refractivity contribution in [2.24, 2.45) is 0 Å².